The predicted octanol–water partition coefficient (Wildman–Crippen LogP) is 2.70. The van der Waals surface area contributed by atoms with Crippen LogP contribution < -0.4 is 0 Å². The Morgan fingerprint density at radius 1 is 1.44 bits per heavy atom. The van der Waals surface area contributed by atoms with Crippen LogP contribution in [0.2, 0.25) is 0 Å². The summed E-state index contributed by atoms with van der Waals surface area (Å²) in [6.07, 6.45) is 2.05. The van der Waals surface area contributed by atoms with Crippen LogP contribution in [0, 0.1) is 0 Å². The lowest BCUT2D eigenvalue weighted by Crippen LogP contribution is -2.09. The molecule has 1 rings (SSSR count). The molecule has 16 heavy (non-hydrogen) atoms. The van der Waals surface area contributed by atoms with Gasteiger partial charge in [0.15, 0.2) is 0 Å². The molecule has 0 saturated heterocycles. The van der Waals surface area contributed by atoms with Gasteiger partial charge in [-0.25, -0.2) is 4.79 Å². The van der Waals surface area contributed by atoms with E-state index >= 15 is 0 Å². The first-order chi connectivity index (χ1) is 7.70. The Hall–Kier alpha value is -1.35. The number of esters is 1. The highest BCUT2D eigenvalue weighted by Crippen LogP contribution is 2.23. The van der Waals surface area contributed by atoms with Crippen LogP contribution in [0.25, 0.3) is 0 Å². The van der Waals surface area contributed by atoms with E-state index in [0.717, 1.165) is 12.8 Å². The van der Waals surface area contributed by atoms with E-state index in [1.54, 1.807) is 18.2 Å². The highest BCUT2D eigenvalue weighted by Gasteiger charge is 2.16. The summed E-state index contributed by atoms with van der Waals surface area (Å²) in [5, 5.41) is 9.97. The minimum absolute atomic E-state index is 0.397. The molecule has 0 amide bonds. The van der Waals surface area contributed by atoms with Crippen LogP contribution in [0.3, 0.4) is 0 Å². The predicted molar refractivity (Wildman–Crippen MR) is 62.3 cm³/mol. The fraction of sp³-hybridized carbons (Fsp3) is 0.462. The summed E-state index contributed by atoms with van der Waals surface area (Å²) in [5.74, 6) is -0.397. The molecule has 1 N–H and O–H groups in total. The van der Waals surface area contributed by atoms with E-state index < -0.39 is 12.1 Å². The minimum Gasteiger partial charge on any atom is -0.465 e. The van der Waals surface area contributed by atoms with Crippen LogP contribution in [0.5, 0.6) is 0 Å². The first-order valence-corrected chi connectivity index (χ1v) is 5.56. The molecule has 3 heteroatoms. The summed E-state index contributed by atoms with van der Waals surface area (Å²) in [6.45, 7) is 2.07. The summed E-state index contributed by atoms with van der Waals surface area (Å²) < 4.78 is 4.68. The van der Waals surface area contributed by atoms with Crippen LogP contribution in [0.1, 0.15) is 48.2 Å². The molecular weight excluding hydrogens is 204 g/mol. The number of hydrogen-bond acceptors (Lipinski definition) is 3. The molecule has 0 fully saturated rings. The van der Waals surface area contributed by atoms with Gasteiger partial charge in [0.2, 0.25) is 0 Å². The third-order valence-electron chi connectivity index (χ3n) is 2.56. The summed E-state index contributed by atoms with van der Waals surface area (Å²) in [5.41, 5.74) is 1.11. The molecule has 0 radical (unpaired) electrons. The molecule has 0 spiro atoms. The number of carbonyl (C=O) groups excluding carboxylic acids is 1. The van der Waals surface area contributed by atoms with E-state index in [-0.39, 0.29) is 0 Å². The number of unbranched alkanes of at least 4 members (excludes halogenated alkanes) is 1. The zero-order chi connectivity index (χ0) is 12.0. The van der Waals surface area contributed by atoms with Gasteiger partial charge in [0.25, 0.3) is 0 Å². The number of benzene rings is 1. The second-order valence-corrected chi connectivity index (χ2v) is 3.74. The Kier molecular flexibility index (Phi) is 4.99. The number of aliphatic hydroxyl groups is 1. The van der Waals surface area contributed by atoms with E-state index in [1.807, 2.05) is 6.07 Å². The normalized spacial score (nSPS) is 12.2. The monoisotopic (exact) mass is 222 g/mol. The lowest BCUT2D eigenvalue weighted by atomic mass is 9.99. The molecule has 1 aromatic rings. The summed E-state index contributed by atoms with van der Waals surface area (Å²) in [7, 11) is 1.34. The number of aliphatic hydroxyl groups excluding tert-OH is 1. The van der Waals surface area contributed by atoms with Gasteiger partial charge in [-0.05, 0) is 18.1 Å². The van der Waals surface area contributed by atoms with Crippen LogP contribution in [-0.2, 0) is 4.74 Å². The Morgan fingerprint density at radius 2 is 2.12 bits per heavy atom. The summed E-state index contributed by atoms with van der Waals surface area (Å²) >= 11 is 0. The van der Waals surface area contributed by atoms with Crippen molar-refractivity contribution in [2.75, 3.05) is 7.11 Å². The van der Waals surface area contributed by atoms with E-state index in [1.165, 1.54) is 7.11 Å². The van der Waals surface area contributed by atoms with Gasteiger partial charge in [-0.2, -0.15) is 0 Å². The van der Waals surface area contributed by atoms with Crippen molar-refractivity contribution in [3.05, 3.63) is 35.4 Å². The first-order valence-electron chi connectivity index (χ1n) is 5.56. The molecule has 0 heterocycles. The number of hydrogen-bond donors (Lipinski definition) is 1. The third-order valence-corrected chi connectivity index (χ3v) is 2.56. The Bertz CT molecular complexity index is 347. The van der Waals surface area contributed by atoms with Crippen molar-refractivity contribution < 1.29 is 14.6 Å². The maximum Gasteiger partial charge on any atom is 0.338 e. The van der Waals surface area contributed by atoms with Crippen molar-refractivity contribution in [3.8, 4) is 0 Å². The van der Waals surface area contributed by atoms with Gasteiger partial charge >= 0.3 is 5.97 Å². The molecule has 1 atom stereocenters. The zero-order valence-corrected chi connectivity index (χ0v) is 9.77. The van der Waals surface area contributed by atoms with Crippen molar-refractivity contribution in [2.24, 2.45) is 0 Å². The largest absolute Gasteiger partial charge is 0.465 e. The topological polar surface area (TPSA) is 46.5 Å². The van der Waals surface area contributed by atoms with Crippen molar-refractivity contribution in [2.45, 2.75) is 32.3 Å². The second-order valence-electron chi connectivity index (χ2n) is 3.74. The van der Waals surface area contributed by atoms with Crippen LogP contribution in [0.15, 0.2) is 24.3 Å². The van der Waals surface area contributed by atoms with Crippen LogP contribution in [-0.4, -0.2) is 18.2 Å². The molecule has 0 bridgehead atoms. The van der Waals surface area contributed by atoms with Gasteiger partial charge in [0.05, 0.1) is 18.8 Å². The zero-order valence-electron chi connectivity index (χ0n) is 9.77. The highest BCUT2D eigenvalue weighted by molar-refractivity contribution is 5.91. The van der Waals surface area contributed by atoms with Crippen molar-refractivity contribution in [1.29, 1.82) is 0 Å². The molecule has 1 unspecified atom stereocenters. The van der Waals surface area contributed by atoms with Gasteiger partial charge in [-0.1, -0.05) is 38.0 Å². The molecular formula is C13H18O3. The number of rotatable bonds is 5. The SMILES string of the molecule is CCCCC(O)c1ccccc1C(=O)OC. The van der Waals surface area contributed by atoms with Gasteiger partial charge in [0.1, 0.15) is 0 Å². The number of methoxy groups -OCH3 is 1. The number of ether oxygens (including phenoxy) is 1. The van der Waals surface area contributed by atoms with Crippen molar-refractivity contribution >= 4 is 5.97 Å². The Labute approximate surface area is 96.1 Å². The molecule has 0 aliphatic rings. The smallest absolute Gasteiger partial charge is 0.338 e. The van der Waals surface area contributed by atoms with Crippen LogP contribution >= 0.6 is 0 Å². The van der Waals surface area contributed by atoms with Crippen molar-refractivity contribution in [3.63, 3.8) is 0 Å². The fourth-order valence-corrected chi connectivity index (χ4v) is 1.64. The highest BCUT2D eigenvalue weighted by atomic mass is 16.5. The minimum atomic E-state index is -0.588. The van der Waals surface area contributed by atoms with Gasteiger partial charge in [-0.3, -0.25) is 0 Å². The van der Waals surface area contributed by atoms with Crippen LogP contribution in [0.4, 0.5) is 0 Å². The maximum atomic E-state index is 11.5. The van der Waals surface area contributed by atoms with Gasteiger partial charge in [-0.15, -0.1) is 0 Å². The molecule has 0 aromatic heterocycles. The first kappa shape index (κ1) is 12.7. The Morgan fingerprint density at radius 3 is 2.75 bits per heavy atom. The fourth-order valence-electron chi connectivity index (χ4n) is 1.64. The third kappa shape index (κ3) is 3.07. The molecule has 0 aliphatic carbocycles. The van der Waals surface area contributed by atoms with E-state index in [0.29, 0.717) is 17.5 Å². The summed E-state index contributed by atoms with van der Waals surface area (Å²) in [4.78, 5) is 11.5. The maximum absolute atomic E-state index is 11.5. The average Bonchev–Trinajstić information content (AvgIpc) is 2.35. The van der Waals surface area contributed by atoms with E-state index in [9.17, 15) is 9.90 Å². The molecule has 0 aliphatic heterocycles. The summed E-state index contributed by atoms with van der Waals surface area (Å²) in [6, 6.07) is 7.03. The standard InChI is InChI=1S/C13H18O3/c1-3-4-9-12(14)10-7-5-6-8-11(10)13(15)16-2/h5-8,12,14H,3-4,9H2,1-2H3. The Balaban J connectivity index is 2.89. The molecule has 0 saturated carbocycles. The van der Waals surface area contributed by atoms with E-state index in [2.05, 4.69) is 11.7 Å². The molecule has 1 aromatic carbocycles. The molecule has 3 nitrogen and oxygen atoms in total. The lowest BCUT2D eigenvalue weighted by molar-refractivity contribution is 0.0592. The quantitative estimate of drug-likeness (QED) is 0.779. The van der Waals surface area contributed by atoms with Crippen molar-refractivity contribution in [1.82, 2.24) is 0 Å². The molecule has 88 valence electrons. The van der Waals surface area contributed by atoms with Gasteiger partial charge < -0.3 is 9.84 Å². The number of carbonyl (C=O) groups is 1. The lowest BCUT2D eigenvalue weighted by Gasteiger charge is -2.13. The second kappa shape index (κ2) is 6.28. The van der Waals surface area contributed by atoms with Gasteiger partial charge in [0, 0.05) is 0 Å². The van der Waals surface area contributed by atoms with E-state index in [4.69, 9.17) is 0 Å². The average molecular weight is 222 g/mol.